The molecule has 0 fully saturated rings. The standard InChI is InChI=1S/C10H10O5/c11-7-3-1-6-2-4-9(15-10(12)13)14-8(6)5-7/h1,3,5,9,11H,2,4H2,(H,12,13)/t9-/m0/s1. The maximum atomic E-state index is 10.3. The molecule has 1 atom stereocenters. The van der Waals surface area contributed by atoms with Gasteiger partial charge in [0.25, 0.3) is 0 Å². The van der Waals surface area contributed by atoms with Crippen LogP contribution in [0.4, 0.5) is 4.79 Å². The Morgan fingerprint density at radius 2 is 2.33 bits per heavy atom. The summed E-state index contributed by atoms with van der Waals surface area (Å²) in [6.07, 6.45) is -0.974. The summed E-state index contributed by atoms with van der Waals surface area (Å²) in [5, 5.41) is 17.6. The van der Waals surface area contributed by atoms with Gasteiger partial charge in [-0.1, -0.05) is 6.07 Å². The highest BCUT2D eigenvalue weighted by atomic mass is 16.8. The van der Waals surface area contributed by atoms with E-state index in [1.165, 1.54) is 6.07 Å². The maximum absolute atomic E-state index is 10.3. The van der Waals surface area contributed by atoms with Crippen LogP contribution in [0.5, 0.6) is 11.5 Å². The predicted molar refractivity (Wildman–Crippen MR) is 50.0 cm³/mol. The van der Waals surface area contributed by atoms with Gasteiger partial charge in [-0.15, -0.1) is 0 Å². The predicted octanol–water partition coefficient (Wildman–Crippen LogP) is 1.74. The van der Waals surface area contributed by atoms with Crippen LogP contribution in [0.25, 0.3) is 0 Å². The van der Waals surface area contributed by atoms with Crippen LogP contribution in [-0.2, 0) is 11.2 Å². The van der Waals surface area contributed by atoms with Crippen molar-refractivity contribution in [3.05, 3.63) is 23.8 Å². The van der Waals surface area contributed by atoms with Crippen molar-refractivity contribution in [1.29, 1.82) is 0 Å². The average molecular weight is 210 g/mol. The van der Waals surface area contributed by atoms with Gasteiger partial charge in [0.05, 0.1) is 0 Å². The summed E-state index contributed by atoms with van der Waals surface area (Å²) < 4.78 is 9.76. The van der Waals surface area contributed by atoms with Crippen LogP contribution in [0.3, 0.4) is 0 Å². The SMILES string of the molecule is O=C(O)O[C@H]1CCc2ccc(O)cc2O1. The molecule has 0 aromatic heterocycles. The number of fused-ring (bicyclic) bond motifs is 1. The summed E-state index contributed by atoms with van der Waals surface area (Å²) in [5.74, 6) is 0.567. The fourth-order valence-corrected chi connectivity index (χ4v) is 1.53. The minimum absolute atomic E-state index is 0.0877. The van der Waals surface area contributed by atoms with Crippen molar-refractivity contribution >= 4 is 6.16 Å². The number of hydrogen-bond acceptors (Lipinski definition) is 4. The lowest BCUT2D eigenvalue weighted by molar-refractivity contribution is -0.0635. The first-order valence-corrected chi connectivity index (χ1v) is 4.53. The first kappa shape index (κ1) is 9.64. The molecule has 1 aliphatic rings. The molecule has 1 aromatic rings. The number of aromatic hydroxyl groups is 1. The van der Waals surface area contributed by atoms with Crippen LogP contribution in [0.1, 0.15) is 12.0 Å². The van der Waals surface area contributed by atoms with E-state index in [0.717, 1.165) is 5.56 Å². The van der Waals surface area contributed by atoms with Crippen molar-refractivity contribution in [2.24, 2.45) is 0 Å². The van der Waals surface area contributed by atoms with Gasteiger partial charge in [0.2, 0.25) is 6.29 Å². The number of carbonyl (C=O) groups is 1. The molecule has 15 heavy (non-hydrogen) atoms. The summed E-state index contributed by atoms with van der Waals surface area (Å²) in [6, 6.07) is 4.77. The number of ether oxygens (including phenoxy) is 2. The molecule has 0 aliphatic carbocycles. The van der Waals surface area contributed by atoms with Crippen molar-refractivity contribution < 1.29 is 24.5 Å². The normalized spacial score (nSPS) is 18.8. The maximum Gasteiger partial charge on any atom is 0.508 e. The van der Waals surface area contributed by atoms with Gasteiger partial charge >= 0.3 is 6.16 Å². The number of aryl methyl sites for hydroxylation is 1. The second kappa shape index (κ2) is 3.68. The third-order valence-corrected chi connectivity index (χ3v) is 2.19. The second-order valence-electron chi connectivity index (χ2n) is 3.26. The van der Waals surface area contributed by atoms with Crippen molar-refractivity contribution in [3.8, 4) is 11.5 Å². The zero-order valence-corrected chi connectivity index (χ0v) is 7.84. The van der Waals surface area contributed by atoms with Crippen LogP contribution in [0.2, 0.25) is 0 Å². The molecule has 5 heteroatoms. The van der Waals surface area contributed by atoms with Crippen molar-refractivity contribution in [2.45, 2.75) is 19.1 Å². The van der Waals surface area contributed by atoms with Crippen LogP contribution in [-0.4, -0.2) is 22.7 Å². The van der Waals surface area contributed by atoms with Crippen molar-refractivity contribution in [1.82, 2.24) is 0 Å². The average Bonchev–Trinajstić information content (AvgIpc) is 2.16. The van der Waals surface area contributed by atoms with Crippen LogP contribution in [0, 0.1) is 0 Å². The number of rotatable bonds is 1. The van der Waals surface area contributed by atoms with Gasteiger partial charge in [-0.25, -0.2) is 4.79 Å². The van der Waals surface area contributed by atoms with Gasteiger partial charge in [-0.2, -0.15) is 0 Å². The van der Waals surface area contributed by atoms with Crippen LogP contribution in [0.15, 0.2) is 18.2 Å². The van der Waals surface area contributed by atoms with Gasteiger partial charge < -0.3 is 19.7 Å². The molecule has 2 rings (SSSR count). The first-order chi connectivity index (χ1) is 7.15. The minimum atomic E-state index is -1.36. The topological polar surface area (TPSA) is 76.0 Å². The highest BCUT2D eigenvalue weighted by molar-refractivity contribution is 5.57. The fraction of sp³-hybridized carbons (Fsp3) is 0.300. The van der Waals surface area contributed by atoms with E-state index in [2.05, 4.69) is 4.74 Å². The number of phenolic OH excluding ortho intramolecular Hbond substituents is 1. The van der Waals surface area contributed by atoms with E-state index >= 15 is 0 Å². The second-order valence-corrected chi connectivity index (χ2v) is 3.26. The highest BCUT2D eigenvalue weighted by Crippen LogP contribution is 2.30. The fourth-order valence-electron chi connectivity index (χ4n) is 1.53. The first-order valence-electron chi connectivity index (χ1n) is 4.53. The lowest BCUT2D eigenvalue weighted by Gasteiger charge is -2.24. The molecule has 1 aromatic carbocycles. The van der Waals surface area contributed by atoms with E-state index in [1.807, 2.05) is 0 Å². The molecule has 2 N–H and O–H groups in total. The summed E-state index contributed by atoms with van der Waals surface area (Å²) in [4.78, 5) is 10.3. The molecule has 0 radical (unpaired) electrons. The molecule has 0 saturated heterocycles. The number of hydrogen-bond donors (Lipinski definition) is 2. The van der Waals surface area contributed by atoms with E-state index in [4.69, 9.17) is 9.84 Å². The summed E-state index contributed by atoms with van der Waals surface area (Å²) in [5.41, 5.74) is 0.943. The van der Waals surface area contributed by atoms with Crippen LogP contribution >= 0.6 is 0 Å². The molecular formula is C10H10O5. The Kier molecular flexibility index (Phi) is 2.37. The van der Waals surface area contributed by atoms with Gasteiger partial charge in [-0.05, 0) is 18.1 Å². The Bertz CT molecular complexity index is 387. The molecule has 0 saturated carbocycles. The molecule has 0 bridgehead atoms. The van der Waals surface area contributed by atoms with Gasteiger partial charge in [0.15, 0.2) is 0 Å². The molecule has 80 valence electrons. The zero-order valence-electron chi connectivity index (χ0n) is 7.84. The number of carboxylic acid groups (broad SMARTS) is 1. The zero-order chi connectivity index (χ0) is 10.8. The quantitative estimate of drug-likeness (QED) is 0.690. The molecule has 5 nitrogen and oxygen atoms in total. The highest BCUT2D eigenvalue weighted by Gasteiger charge is 2.22. The number of phenols is 1. The Hall–Kier alpha value is -1.91. The lowest BCUT2D eigenvalue weighted by atomic mass is 10.1. The molecule has 0 unspecified atom stereocenters. The molecule has 1 heterocycles. The largest absolute Gasteiger partial charge is 0.508 e. The Morgan fingerprint density at radius 1 is 1.53 bits per heavy atom. The third-order valence-electron chi connectivity index (χ3n) is 2.19. The van der Waals surface area contributed by atoms with Crippen molar-refractivity contribution in [3.63, 3.8) is 0 Å². The number of benzene rings is 1. The summed E-state index contributed by atoms with van der Waals surface area (Å²) in [7, 11) is 0. The van der Waals surface area contributed by atoms with E-state index < -0.39 is 12.4 Å². The monoisotopic (exact) mass is 210 g/mol. The van der Waals surface area contributed by atoms with E-state index in [-0.39, 0.29) is 5.75 Å². The molecule has 0 amide bonds. The third kappa shape index (κ3) is 2.12. The molecular weight excluding hydrogens is 200 g/mol. The summed E-state index contributed by atoms with van der Waals surface area (Å²) >= 11 is 0. The Balaban J connectivity index is 2.14. The van der Waals surface area contributed by atoms with Crippen molar-refractivity contribution in [2.75, 3.05) is 0 Å². The van der Waals surface area contributed by atoms with E-state index in [0.29, 0.717) is 18.6 Å². The molecule has 1 aliphatic heterocycles. The van der Waals surface area contributed by atoms with Crippen LogP contribution < -0.4 is 4.74 Å². The molecule has 0 spiro atoms. The smallest absolute Gasteiger partial charge is 0.508 e. The lowest BCUT2D eigenvalue weighted by Crippen LogP contribution is -2.27. The van der Waals surface area contributed by atoms with Gasteiger partial charge in [0, 0.05) is 12.5 Å². The van der Waals surface area contributed by atoms with E-state index in [9.17, 15) is 9.90 Å². The Labute approximate surface area is 85.9 Å². The Morgan fingerprint density at radius 3 is 3.07 bits per heavy atom. The van der Waals surface area contributed by atoms with E-state index in [1.54, 1.807) is 12.1 Å². The van der Waals surface area contributed by atoms with Gasteiger partial charge in [0.1, 0.15) is 11.5 Å². The van der Waals surface area contributed by atoms with Gasteiger partial charge in [-0.3, -0.25) is 0 Å². The summed E-state index contributed by atoms with van der Waals surface area (Å²) in [6.45, 7) is 0. The minimum Gasteiger partial charge on any atom is -0.508 e.